The molecule has 1 aliphatic heterocycles. The van der Waals surface area contributed by atoms with Gasteiger partial charge in [-0.25, -0.2) is 9.79 Å². The average molecular weight is 522 g/mol. The molecule has 0 fully saturated rings. The molecule has 0 aliphatic carbocycles. The largest absolute Gasteiger partial charge is 0.493 e. The van der Waals surface area contributed by atoms with Gasteiger partial charge in [-0.2, -0.15) is 0 Å². The number of benzene rings is 3. The van der Waals surface area contributed by atoms with Crippen molar-refractivity contribution in [2.75, 3.05) is 33.5 Å². The fraction of sp³-hybridized carbons (Fsp3) is 0.241. The number of nitrogens with zero attached hydrogens (tertiary/aromatic N) is 1. The van der Waals surface area contributed by atoms with Gasteiger partial charge in [-0.15, -0.1) is 0 Å². The van der Waals surface area contributed by atoms with E-state index in [0.717, 1.165) is 11.3 Å². The molecule has 0 unspecified atom stereocenters. The van der Waals surface area contributed by atoms with Crippen LogP contribution in [0.3, 0.4) is 0 Å². The summed E-state index contributed by atoms with van der Waals surface area (Å²) in [6, 6.07) is 18.6. The van der Waals surface area contributed by atoms with E-state index in [1.54, 1.807) is 18.2 Å². The van der Waals surface area contributed by atoms with Crippen molar-refractivity contribution in [3.05, 3.63) is 93.6 Å². The van der Waals surface area contributed by atoms with E-state index in [1.165, 1.54) is 18.2 Å². The van der Waals surface area contributed by atoms with Crippen LogP contribution in [0.5, 0.6) is 17.2 Å². The lowest BCUT2D eigenvalue weighted by Gasteiger charge is -2.14. The third-order valence-corrected chi connectivity index (χ3v) is 5.93. The molecule has 0 radical (unpaired) electrons. The molecule has 1 heterocycles. The average Bonchev–Trinajstić information content (AvgIpc) is 3.26. The number of hydrogen-bond acceptors (Lipinski definition) is 7. The van der Waals surface area contributed by atoms with Crippen LogP contribution in [0.1, 0.15) is 22.3 Å². The minimum Gasteiger partial charge on any atom is -0.493 e. The first kappa shape index (κ1) is 26.3. The first-order valence-electron chi connectivity index (χ1n) is 11.8. The molecular weight excluding hydrogens is 494 g/mol. The third-order valence-electron chi connectivity index (χ3n) is 5.65. The van der Waals surface area contributed by atoms with E-state index in [4.69, 9.17) is 35.3 Å². The summed E-state index contributed by atoms with van der Waals surface area (Å²) >= 11 is 6.47. The van der Waals surface area contributed by atoms with Crippen molar-refractivity contribution in [2.24, 2.45) is 4.99 Å². The van der Waals surface area contributed by atoms with Gasteiger partial charge < -0.3 is 23.7 Å². The predicted molar refractivity (Wildman–Crippen MR) is 143 cm³/mol. The van der Waals surface area contributed by atoms with Crippen LogP contribution in [-0.4, -0.2) is 45.4 Å². The van der Waals surface area contributed by atoms with Gasteiger partial charge in [0, 0.05) is 5.56 Å². The van der Waals surface area contributed by atoms with Gasteiger partial charge in [0.15, 0.2) is 17.2 Å². The first-order chi connectivity index (χ1) is 17.9. The number of halogens is 1. The van der Waals surface area contributed by atoms with Crippen molar-refractivity contribution in [1.29, 1.82) is 0 Å². The minimum atomic E-state index is -0.534. The quantitative estimate of drug-likeness (QED) is 0.181. The maximum Gasteiger partial charge on any atom is 0.363 e. The summed E-state index contributed by atoms with van der Waals surface area (Å²) in [5, 5.41) is 0.336. The Kier molecular flexibility index (Phi) is 8.82. The molecule has 8 heteroatoms. The Morgan fingerprint density at radius 2 is 1.68 bits per heavy atom. The molecule has 1 aliphatic rings. The lowest BCUT2D eigenvalue weighted by Crippen LogP contribution is -2.12. The number of ether oxygens (including phenoxy) is 5. The second-order valence-corrected chi connectivity index (χ2v) is 8.70. The van der Waals surface area contributed by atoms with Crippen LogP contribution in [0, 0.1) is 13.8 Å². The number of aliphatic imine (C=N–C) groups is 1. The van der Waals surface area contributed by atoms with Crippen LogP contribution in [0.25, 0.3) is 6.08 Å². The van der Waals surface area contributed by atoms with Gasteiger partial charge in [-0.05, 0) is 73.0 Å². The van der Waals surface area contributed by atoms with Crippen molar-refractivity contribution in [1.82, 2.24) is 0 Å². The molecule has 0 saturated carbocycles. The van der Waals surface area contributed by atoms with Gasteiger partial charge in [-0.1, -0.05) is 35.9 Å². The Balaban J connectivity index is 1.31. The molecule has 0 aromatic heterocycles. The van der Waals surface area contributed by atoms with E-state index in [9.17, 15) is 4.79 Å². The Morgan fingerprint density at radius 1 is 0.919 bits per heavy atom. The van der Waals surface area contributed by atoms with E-state index in [2.05, 4.69) is 18.8 Å². The number of methoxy groups -OCH3 is 1. The highest BCUT2D eigenvalue weighted by molar-refractivity contribution is 6.32. The summed E-state index contributed by atoms with van der Waals surface area (Å²) in [7, 11) is 1.52. The summed E-state index contributed by atoms with van der Waals surface area (Å²) in [4.78, 5) is 16.6. The van der Waals surface area contributed by atoms with Gasteiger partial charge in [0.05, 0.1) is 25.3 Å². The Labute approximate surface area is 221 Å². The van der Waals surface area contributed by atoms with Crippen molar-refractivity contribution in [3.8, 4) is 17.2 Å². The van der Waals surface area contributed by atoms with Crippen molar-refractivity contribution < 1.29 is 28.5 Å². The predicted octanol–water partition coefficient (Wildman–Crippen LogP) is 5.78. The minimum absolute atomic E-state index is 0.169. The molecule has 0 amide bonds. The standard InChI is InChI=1S/C29H28ClNO6/c1-19-9-10-23(15-20(19)2)35-13-11-34-12-14-36-27-24(30)16-21(18-26(27)33-3)17-25-29(32)37-28(31-25)22-7-5-4-6-8-22/h4-10,15-18H,11-14H2,1-3H3/b25-17+. The maximum absolute atomic E-state index is 12.3. The Hall–Kier alpha value is -3.81. The summed E-state index contributed by atoms with van der Waals surface area (Å²) in [5.41, 5.74) is 3.93. The number of carbonyl (C=O) groups excluding carboxylic acids is 1. The van der Waals surface area contributed by atoms with Crippen molar-refractivity contribution in [3.63, 3.8) is 0 Å². The van der Waals surface area contributed by atoms with Gasteiger partial charge in [0.25, 0.3) is 0 Å². The number of esters is 1. The number of cyclic esters (lactones) is 1. The molecule has 7 nitrogen and oxygen atoms in total. The fourth-order valence-corrected chi connectivity index (χ4v) is 3.83. The number of aryl methyl sites for hydroxylation is 2. The number of hydrogen-bond donors (Lipinski definition) is 0. The third kappa shape index (κ3) is 6.90. The monoisotopic (exact) mass is 521 g/mol. The van der Waals surface area contributed by atoms with Crippen LogP contribution >= 0.6 is 11.6 Å². The van der Waals surface area contributed by atoms with Crippen LogP contribution in [0.2, 0.25) is 5.02 Å². The Morgan fingerprint density at radius 3 is 2.41 bits per heavy atom. The molecule has 0 saturated heterocycles. The highest BCUT2D eigenvalue weighted by Gasteiger charge is 2.24. The smallest absolute Gasteiger partial charge is 0.363 e. The highest BCUT2D eigenvalue weighted by atomic mass is 35.5. The molecule has 192 valence electrons. The molecule has 0 N–H and O–H groups in total. The summed E-state index contributed by atoms with van der Waals surface area (Å²) in [6.07, 6.45) is 1.59. The molecule has 37 heavy (non-hydrogen) atoms. The van der Waals surface area contributed by atoms with E-state index in [1.807, 2.05) is 48.5 Å². The molecule has 0 bridgehead atoms. The van der Waals surface area contributed by atoms with Crippen molar-refractivity contribution >= 4 is 29.5 Å². The second-order valence-electron chi connectivity index (χ2n) is 8.29. The van der Waals surface area contributed by atoms with Gasteiger partial charge in [0.2, 0.25) is 5.90 Å². The summed E-state index contributed by atoms with van der Waals surface area (Å²) < 4.78 is 27.9. The van der Waals surface area contributed by atoms with E-state index in [-0.39, 0.29) is 18.2 Å². The van der Waals surface area contributed by atoms with Crippen LogP contribution in [-0.2, 0) is 14.3 Å². The molecule has 3 aromatic carbocycles. The summed E-state index contributed by atoms with van der Waals surface area (Å²) in [5.74, 6) is 1.37. The molecule has 4 rings (SSSR count). The molecule has 3 aromatic rings. The highest BCUT2D eigenvalue weighted by Crippen LogP contribution is 2.37. The zero-order valence-corrected chi connectivity index (χ0v) is 21.7. The molecule has 0 spiro atoms. The van der Waals surface area contributed by atoms with E-state index < -0.39 is 5.97 Å². The topological polar surface area (TPSA) is 75.6 Å². The van der Waals surface area contributed by atoms with Crippen LogP contribution in [0.4, 0.5) is 0 Å². The lowest BCUT2D eigenvalue weighted by atomic mass is 10.1. The van der Waals surface area contributed by atoms with Gasteiger partial charge in [0.1, 0.15) is 19.0 Å². The van der Waals surface area contributed by atoms with Gasteiger partial charge in [-0.3, -0.25) is 0 Å². The zero-order valence-electron chi connectivity index (χ0n) is 21.0. The molecular formula is C29H28ClNO6. The fourth-order valence-electron chi connectivity index (χ4n) is 3.56. The SMILES string of the molecule is COc1cc(/C=C2/N=C(c3ccccc3)OC2=O)cc(Cl)c1OCCOCCOc1ccc(C)c(C)c1. The van der Waals surface area contributed by atoms with Crippen LogP contribution in [0.15, 0.2) is 71.4 Å². The van der Waals surface area contributed by atoms with E-state index >= 15 is 0 Å². The molecule has 0 atom stereocenters. The zero-order chi connectivity index (χ0) is 26.2. The number of carbonyl (C=O) groups is 1. The number of rotatable bonds is 11. The summed E-state index contributed by atoms with van der Waals surface area (Å²) in [6.45, 7) is 5.61. The second kappa shape index (κ2) is 12.4. The van der Waals surface area contributed by atoms with Crippen molar-refractivity contribution in [2.45, 2.75) is 13.8 Å². The van der Waals surface area contributed by atoms with Crippen LogP contribution < -0.4 is 14.2 Å². The maximum atomic E-state index is 12.3. The van der Waals surface area contributed by atoms with E-state index in [0.29, 0.717) is 41.9 Å². The normalized spacial score (nSPS) is 13.9. The van der Waals surface area contributed by atoms with Gasteiger partial charge >= 0.3 is 5.97 Å². The first-order valence-corrected chi connectivity index (χ1v) is 12.2. The Bertz CT molecular complexity index is 1320. The lowest BCUT2D eigenvalue weighted by molar-refractivity contribution is -0.129.